The number of carbonyl (C=O) groups excluding carboxylic acids is 1. The normalized spacial score (nSPS) is 11.3. The number of carbonyl (C=O) groups is 1. The van der Waals surface area contributed by atoms with Gasteiger partial charge >= 0.3 is 6.03 Å². The van der Waals surface area contributed by atoms with Crippen LogP contribution >= 0.6 is 0 Å². The quantitative estimate of drug-likeness (QED) is 0.315. The van der Waals surface area contributed by atoms with Crippen molar-refractivity contribution in [1.82, 2.24) is 20.9 Å². The van der Waals surface area contributed by atoms with E-state index < -0.39 is 0 Å². The molecular weight excluding hydrogens is 404 g/mol. The molecule has 4 N–H and O–H groups in total. The average Bonchev–Trinajstić information content (AvgIpc) is 3.26. The summed E-state index contributed by atoms with van der Waals surface area (Å²) in [6.45, 7) is 7.60. The van der Waals surface area contributed by atoms with Crippen LogP contribution in [0.15, 0.2) is 70.3 Å². The Balaban J connectivity index is 1.54. The Morgan fingerprint density at radius 3 is 2.50 bits per heavy atom. The first-order valence-corrected chi connectivity index (χ1v) is 10.7. The van der Waals surface area contributed by atoms with Crippen molar-refractivity contribution in [3.05, 3.63) is 72.1 Å². The molecule has 3 aromatic rings. The molecule has 3 rings (SSSR count). The summed E-state index contributed by atoms with van der Waals surface area (Å²) in [7, 11) is 0. The van der Waals surface area contributed by atoms with Gasteiger partial charge in [-0.15, -0.1) is 0 Å². The topological polar surface area (TPSA) is 104 Å². The summed E-state index contributed by atoms with van der Waals surface area (Å²) in [5.74, 6) is 1.29. The highest BCUT2D eigenvalue weighted by atomic mass is 16.3. The summed E-state index contributed by atoms with van der Waals surface area (Å²) in [4.78, 5) is 21.0. The van der Waals surface area contributed by atoms with Gasteiger partial charge in [-0.25, -0.2) is 14.8 Å². The van der Waals surface area contributed by atoms with E-state index in [4.69, 9.17) is 4.42 Å². The highest BCUT2D eigenvalue weighted by Gasteiger charge is 2.07. The van der Waals surface area contributed by atoms with Crippen molar-refractivity contribution < 1.29 is 9.21 Å². The van der Waals surface area contributed by atoms with E-state index in [1.165, 1.54) is 0 Å². The number of urea groups is 1. The Kier molecular flexibility index (Phi) is 8.25. The van der Waals surface area contributed by atoms with E-state index in [0.29, 0.717) is 24.9 Å². The van der Waals surface area contributed by atoms with Crippen LogP contribution in [0.2, 0.25) is 0 Å². The van der Waals surface area contributed by atoms with Crippen LogP contribution in [0.3, 0.4) is 0 Å². The Bertz CT molecular complexity index is 1010. The number of hydrogen-bond donors (Lipinski definition) is 4. The number of benzene rings is 2. The first kappa shape index (κ1) is 22.9. The van der Waals surface area contributed by atoms with Crippen LogP contribution in [-0.2, 0) is 13.1 Å². The van der Waals surface area contributed by atoms with Crippen LogP contribution < -0.4 is 21.3 Å². The monoisotopic (exact) mass is 434 g/mol. The zero-order valence-electron chi connectivity index (χ0n) is 18.7. The summed E-state index contributed by atoms with van der Waals surface area (Å²) in [5.41, 5.74) is 3.51. The average molecular weight is 435 g/mol. The lowest BCUT2D eigenvalue weighted by molar-refractivity contribution is 0.250. The summed E-state index contributed by atoms with van der Waals surface area (Å²) in [6.07, 6.45) is 1.65. The number of aromatic nitrogens is 1. The Hall–Kier alpha value is -3.81. The second kappa shape index (κ2) is 11.5. The molecule has 0 fully saturated rings. The van der Waals surface area contributed by atoms with E-state index in [1.807, 2.05) is 75.4 Å². The highest BCUT2D eigenvalue weighted by molar-refractivity contribution is 5.89. The summed E-state index contributed by atoms with van der Waals surface area (Å²) in [5, 5.41) is 12.1. The third kappa shape index (κ3) is 7.16. The van der Waals surface area contributed by atoms with E-state index in [1.54, 1.807) is 6.26 Å². The third-order valence-electron chi connectivity index (χ3n) is 4.40. The van der Waals surface area contributed by atoms with Crippen LogP contribution in [-0.4, -0.2) is 29.6 Å². The number of anilines is 1. The number of hydrogen-bond acceptors (Lipinski definition) is 4. The van der Waals surface area contributed by atoms with Gasteiger partial charge in [0.05, 0.1) is 18.8 Å². The third-order valence-corrected chi connectivity index (χ3v) is 4.40. The van der Waals surface area contributed by atoms with Crippen LogP contribution in [0.1, 0.15) is 32.0 Å². The van der Waals surface area contributed by atoms with Crippen molar-refractivity contribution in [3.8, 4) is 11.5 Å². The van der Waals surface area contributed by atoms with Crippen molar-refractivity contribution in [2.45, 2.75) is 39.9 Å². The molecule has 0 spiro atoms. The standard InChI is InChI=1S/C24H30N6O2/c1-4-25-23(27-15-21-16-32-22(29-21)19-8-6-5-7-9-19)26-14-18-10-12-20(13-11-18)30-24(31)28-17(2)3/h5-13,16-17H,4,14-15H2,1-3H3,(H2,25,26,27)(H2,28,30,31). The Labute approximate surface area is 188 Å². The maximum absolute atomic E-state index is 11.8. The Morgan fingerprint density at radius 2 is 1.81 bits per heavy atom. The summed E-state index contributed by atoms with van der Waals surface area (Å²) in [6, 6.07) is 17.3. The molecule has 2 aromatic carbocycles. The number of nitrogens with zero attached hydrogens (tertiary/aromatic N) is 2. The lowest BCUT2D eigenvalue weighted by Gasteiger charge is -2.11. The second-order valence-corrected chi connectivity index (χ2v) is 7.51. The molecule has 0 unspecified atom stereocenters. The number of nitrogens with one attached hydrogen (secondary N) is 4. The van der Waals surface area contributed by atoms with Crippen molar-refractivity contribution in [2.75, 3.05) is 11.9 Å². The molecule has 0 aliphatic carbocycles. The van der Waals surface area contributed by atoms with Gasteiger partial charge in [0.2, 0.25) is 5.89 Å². The van der Waals surface area contributed by atoms with Gasteiger partial charge in [0.15, 0.2) is 5.96 Å². The van der Waals surface area contributed by atoms with Gasteiger partial charge in [-0.05, 0) is 50.6 Å². The maximum Gasteiger partial charge on any atom is 0.319 e. The van der Waals surface area contributed by atoms with E-state index in [-0.39, 0.29) is 12.1 Å². The lowest BCUT2D eigenvalue weighted by Crippen LogP contribution is -2.36. The molecule has 32 heavy (non-hydrogen) atoms. The molecule has 1 heterocycles. The minimum atomic E-state index is -0.215. The fourth-order valence-electron chi connectivity index (χ4n) is 2.91. The van der Waals surface area contributed by atoms with Gasteiger partial charge in [-0.3, -0.25) is 0 Å². The second-order valence-electron chi connectivity index (χ2n) is 7.51. The molecule has 8 heteroatoms. The summed E-state index contributed by atoms with van der Waals surface area (Å²) < 4.78 is 5.59. The molecular formula is C24H30N6O2. The zero-order valence-corrected chi connectivity index (χ0v) is 18.7. The summed E-state index contributed by atoms with van der Waals surface area (Å²) >= 11 is 0. The molecule has 0 aliphatic heterocycles. The molecule has 8 nitrogen and oxygen atoms in total. The van der Waals surface area contributed by atoms with E-state index in [2.05, 4.69) is 31.2 Å². The SMILES string of the molecule is CCNC(=NCc1ccc(NC(=O)NC(C)C)cc1)NCc1coc(-c2ccccc2)n1. The highest BCUT2D eigenvalue weighted by Crippen LogP contribution is 2.17. The predicted molar refractivity (Wildman–Crippen MR) is 127 cm³/mol. The van der Waals surface area contributed by atoms with Gasteiger partial charge < -0.3 is 25.7 Å². The zero-order chi connectivity index (χ0) is 22.8. The minimum Gasteiger partial charge on any atom is -0.444 e. The Morgan fingerprint density at radius 1 is 1.06 bits per heavy atom. The van der Waals surface area contributed by atoms with E-state index in [9.17, 15) is 4.79 Å². The molecule has 2 amide bonds. The van der Waals surface area contributed by atoms with E-state index >= 15 is 0 Å². The molecule has 0 bridgehead atoms. The number of rotatable bonds is 8. The van der Waals surface area contributed by atoms with Crippen molar-refractivity contribution in [3.63, 3.8) is 0 Å². The predicted octanol–water partition coefficient (Wildman–Crippen LogP) is 4.13. The number of aliphatic imine (C=N–C) groups is 1. The molecule has 0 aliphatic rings. The number of guanidine groups is 1. The van der Waals surface area contributed by atoms with Crippen molar-refractivity contribution in [2.24, 2.45) is 4.99 Å². The fourth-order valence-corrected chi connectivity index (χ4v) is 2.91. The maximum atomic E-state index is 11.8. The van der Waals surface area contributed by atoms with Crippen LogP contribution in [0, 0.1) is 0 Å². The van der Waals surface area contributed by atoms with Crippen molar-refractivity contribution in [1.29, 1.82) is 0 Å². The van der Waals surface area contributed by atoms with Gasteiger partial charge in [-0.2, -0.15) is 0 Å². The molecule has 0 saturated heterocycles. The van der Waals surface area contributed by atoms with Gasteiger partial charge in [0, 0.05) is 23.8 Å². The van der Waals surface area contributed by atoms with Crippen LogP contribution in [0.4, 0.5) is 10.5 Å². The lowest BCUT2D eigenvalue weighted by atomic mass is 10.2. The smallest absolute Gasteiger partial charge is 0.319 e. The molecule has 0 radical (unpaired) electrons. The molecule has 1 aromatic heterocycles. The number of amides is 2. The number of oxazole rings is 1. The molecule has 0 saturated carbocycles. The van der Waals surface area contributed by atoms with Crippen LogP contribution in [0.25, 0.3) is 11.5 Å². The largest absolute Gasteiger partial charge is 0.444 e. The first-order valence-electron chi connectivity index (χ1n) is 10.7. The fraction of sp³-hybridized carbons (Fsp3) is 0.292. The van der Waals surface area contributed by atoms with Gasteiger partial charge in [0.1, 0.15) is 6.26 Å². The minimum absolute atomic E-state index is 0.0859. The van der Waals surface area contributed by atoms with E-state index in [0.717, 1.165) is 29.1 Å². The van der Waals surface area contributed by atoms with Crippen LogP contribution in [0.5, 0.6) is 0 Å². The van der Waals surface area contributed by atoms with Gasteiger partial charge in [-0.1, -0.05) is 30.3 Å². The molecule has 168 valence electrons. The van der Waals surface area contributed by atoms with Crippen molar-refractivity contribution >= 4 is 17.7 Å². The van der Waals surface area contributed by atoms with Gasteiger partial charge in [0.25, 0.3) is 0 Å². The first-order chi connectivity index (χ1) is 15.5. The molecule has 0 atom stereocenters.